The number of thiazole rings is 1. The molecular formula is C23H21F5N2OS. The third-order valence-corrected chi connectivity index (χ3v) is 5.23. The summed E-state index contributed by atoms with van der Waals surface area (Å²) >= 11 is 1.20. The number of nitrogens with one attached hydrogen (secondary N) is 1. The molecule has 0 atom stereocenters. The van der Waals surface area contributed by atoms with Crippen molar-refractivity contribution in [2.45, 2.75) is 32.4 Å². The molecular weight excluding hydrogens is 447 g/mol. The second-order valence-corrected chi connectivity index (χ2v) is 7.83. The van der Waals surface area contributed by atoms with Gasteiger partial charge in [0.2, 0.25) is 0 Å². The Morgan fingerprint density at radius 1 is 1.03 bits per heavy atom. The highest BCUT2D eigenvalue weighted by Gasteiger charge is 2.34. The molecule has 0 aliphatic heterocycles. The van der Waals surface area contributed by atoms with Crippen LogP contribution in [0.4, 0.5) is 32.8 Å². The van der Waals surface area contributed by atoms with Crippen molar-refractivity contribution in [1.82, 2.24) is 4.98 Å². The van der Waals surface area contributed by atoms with Gasteiger partial charge in [0, 0.05) is 11.1 Å². The molecule has 2 aromatic carbocycles. The van der Waals surface area contributed by atoms with Crippen molar-refractivity contribution in [3.63, 3.8) is 0 Å². The van der Waals surface area contributed by atoms with E-state index in [0.717, 1.165) is 31.0 Å². The van der Waals surface area contributed by atoms with Gasteiger partial charge in [-0.2, -0.15) is 13.2 Å². The van der Waals surface area contributed by atoms with Crippen molar-refractivity contribution in [2.75, 3.05) is 11.9 Å². The Hall–Kier alpha value is -2.94. The van der Waals surface area contributed by atoms with Crippen LogP contribution < -0.4 is 10.1 Å². The molecule has 9 heteroatoms. The van der Waals surface area contributed by atoms with Gasteiger partial charge in [-0.05, 0) is 48.4 Å². The minimum Gasteiger partial charge on any atom is -0.493 e. The number of hydrogen-bond donors (Lipinski definition) is 1. The lowest BCUT2D eigenvalue weighted by Crippen LogP contribution is -2.10. The van der Waals surface area contributed by atoms with Crippen molar-refractivity contribution >= 4 is 34.3 Å². The average molecular weight is 468 g/mol. The number of nitrogens with zero attached hydrogens (tertiary/aromatic N) is 1. The summed E-state index contributed by atoms with van der Waals surface area (Å²) in [5.41, 5.74) is 0.350. The van der Waals surface area contributed by atoms with Crippen LogP contribution >= 0.6 is 11.3 Å². The van der Waals surface area contributed by atoms with E-state index in [1.165, 1.54) is 29.5 Å². The third kappa shape index (κ3) is 6.53. The molecule has 3 nitrogen and oxygen atoms in total. The molecule has 0 fully saturated rings. The lowest BCUT2D eigenvalue weighted by atomic mass is 10.1. The van der Waals surface area contributed by atoms with Gasteiger partial charge in [0.1, 0.15) is 5.75 Å². The zero-order valence-corrected chi connectivity index (χ0v) is 18.0. The number of hydrogen-bond acceptors (Lipinski definition) is 4. The normalized spacial score (nSPS) is 11.8. The number of halogens is 5. The maximum Gasteiger partial charge on any atom is 0.420 e. The highest BCUT2D eigenvalue weighted by molar-refractivity contribution is 7.13. The third-order valence-electron chi connectivity index (χ3n) is 4.45. The second kappa shape index (κ2) is 10.6. The first-order valence-corrected chi connectivity index (χ1v) is 10.8. The Kier molecular flexibility index (Phi) is 7.84. The van der Waals surface area contributed by atoms with E-state index in [1.54, 1.807) is 17.5 Å². The lowest BCUT2D eigenvalue weighted by Gasteiger charge is -2.15. The Labute approximate surface area is 186 Å². The van der Waals surface area contributed by atoms with E-state index in [2.05, 4.69) is 10.3 Å². The highest BCUT2D eigenvalue weighted by atomic mass is 32.1. The van der Waals surface area contributed by atoms with E-state index >= 15 is 0 Å². The smallest absolute Gasteiger partial charge is 0.420 e. The Morgan fingerprint density at radius 2 is 1.84 bits per heavy atom. The summed E-state index contributed by atoms with van der Waals surface area (Å²) in [6.07, 6.45) is 1.13. The summed E-state index contributed by atoms with van der Waals surface area (Å²) in [7, 11) is 0. The summed E-state index contributed by atoms with van der Waals surface area (Å²) in [4.78, 5) is 4.29. The number of benzene rings is 2. The van der Waals surface area contributed by atoms with Gasteiger partial charge in [-0.25, -0.2) is 13.8 Å². The van der Waals surface area contributed by atoms with Gasteiger partial charge < -0.3 is 10.1 Å². The van der Waals surface area contributed by atoms with Crippen molar-refractivity contribution < 1.29 is 26.7 Å². The van der Waals surface area contributed by atoms with E-state index < -0.39 is 23.4 Å². The van der Waals surface area contributed by atoms with Crippen LogP contribution in [0.2, 0.25) is 0 Å². The largest absolute Gasteiger partial charge is 0.493 e. The predicted octanol–water partition coefficient (Wildman–Crippen LogP) is 7.92. The first-order chi connectivity index (χ1) is 15.3. The topological polar surface area (TPSA) is 34.1 Å². The molecule has 0 radical (unpaired) electrons. The summed E-state index contributed by atoms with van der Waals surface area (Å²) in [5.74, 6) is -2.09. The highest BCUT2D eigenvalue weighted by Crippen LogP contribution is 2.38. The zero-order chi connectivity index (χ0) is 23.1. The van der Waals surface area contributed by atoms with Crippen LogP contribution in [0.1, 0.15) is 43.0 Å². The zero-order valence-electron chi connectivity index (χ0n) is 17.2. The molecule has 0 unspecified atom stereocenters. The number of aromatic nitrogens is 1. The van der Waals surface area contributed by atoms with E-state index in [0.29, 0.717) is 22.8 Å². The predicted molar refractivity (Wildman–Crippen MR) is 117 cm³/mol. The van der Waals surface area contributed by atoms with E-state index in [4.69, 9.17) is 4.74 Å². The Balaban J connectivity index is 1.71. The van der Waals surface area contributed by atoms with Crippen molar-refractivity contribution in [2.24, 2.45) is 0 Å². The first kappa shape index (κ1) is 23.7. The van der Waals surface area contributed by atoms with Crippen LogP contribution in [0, 0.1) is 11.6 Å². The van der Waals surface area contributed by atoms with E-state index in [1.807, 2.05) is 6.92 Å². The van der Waals surface area contributed by atoms with Crippen LogP contribution in [0.15, 0.2) is 41.8 Å². The number of unbranched alkanes of at least 4 members (excludes halogenated alkanes) is 2. The average Bonchev–Trinajstić information content (AvgIpc) is 3.19. The Morgan fingerprint density at radius 3 is 2.56 bits per heavy atom. The fourth-order valence-electron chi connectivity index (χ4n) is 2.83. The molecule has 3 aromatic rings. The molecule has 0 amide bonds. The molecule has 0 saturated heterocycles. The fraction of sp³-hybridized carbons (Fsp3) is 0.261. The van der Waals surface area contributed by atoms with Gasteiger partial charge in [0.15, 0.2) is 16.8 Å². The minimum atomic E-state index is -4.56. The van der Waals surface area contributed by atoms with Crippen LogP contribution in [-0.2, 0) is 6.18 Å². The summed E-state index contributed by atoms with van der Waals surface area (Å²) in [5, 5.41) is 4.94. The maximum atomic E-state index is 13.5. The number of alkyl halides is 3. The summed E-state index contributed by atoms with van der Waals surface area (Å²) in [6.45, 7) is 2.23. The first-order valence-electron chi connectivity index (χ1n) is 9.96. The minimum absolute atomic E-state index is 0.201. The SMILES string of the molecule is CCCCCOc1ccc(Nc2nc(C=Cc3ccc(F)c(F)c3)cs2)cc1C(F)(F)F. The standard InChI is InChI=1S/C23H21F5N2OS/c1-2-3-4-11-31-21-10-8-16(13-18(21)23(26,27)28)29-22-30-17(14-32-22)7-5-15-6-9-19(24)20(25)12-15/h5-10,12-14H,2-4,11H2,1H3,(H,29,30). The maximum absolute atomic E-state index is 13.5. The molecule has 0 spiro atoms. The van der Waals surface area contributed by atoms with Gasteiger partial charge in [-0.3, -0.25) is 0 Å². The van der Waals surface area contributed by atoms with Crippen LogP contribution in [0.5, 0.6) is 5.75 Å². The molecule has 1 heterocycles. The van der Waals surface area contributed by atoms with Crippen LogP contribution in [0.3, 0.4) is 0 Å². The monoisotopic (exact) mass is 468 g/mol. The molecule has 32 heavy (non-hydrogen) atoms. The van der Waals surface area contributed by atoms with Crippen LogP contribution in [0.25, 0.3) is 12.2 Å². The molecule has 1 N–H and O–H groups in total. The Bertz CT molecular complexity index is 1080. The molecule has 0 aliphatic carbocycles. The van der Waals surface area contributed by atoms with Crippen molar-refractivity contribution in [3.8, 4) is 5.75 Å². The molecule has 170 valence electrons. The molecule has 1 aromatic heterocycles. The van der Waals surface area contributed by atoms with Crippen LogP contribution in [-0.4, -0.2) is 11.6 Å². The van der Waals surface area contributed by atoms with Crippen molar-refractivity contribution in [3.05, 3.63) is 70.2 Å². The summed E-state index contributed by atoms with van der Waals surface area (Å²) < 4.78 is 72.1. The van der Waals surface area contributed by atoms with Crippen molar-refractivity contribution in [1.29, 1.82) is 0 Å². The van der Waals surface area contributed by atoms with E-state index in [9.17, 15) is 22.0 Å². The lowest BCUT2D eigenvalue weighted by molar-refractivity contribution is -0.138. The van der Waals surface area contributed by atoms with Gasteiger partial charge in [-0.1, -0.05) is 31.9 Å². The molecule has 3 rings (SSSR count). The number of ether oxygens (including phenoxy) is 1. The second-order valence-electron chi connectivity index (χ2n) is 6.97. The number of anilines is 2. The van der Waals surface area contributed by atoms with E-state index in [-0.39, 0.29) is 18.0 Å². The number of rotatable bonds is 9. The fourth-order valence-corrected chi connectivity index (χ4v) is 3.53. The van der Waals surface area contributed by atoms with Gasteiger partial charge in [-0.15, -0.1) is 11.3 Å². The van der Waals surface area contributed by atoms with Gasteiger partial charge in [0.05, 0.1) is 17.9 Å². The quantitative estimate of drug-likeness (QED) is 0.256. The molecule has 0 saturated carbocycles. The van der Waals surface area contributed by atoms with Gasteiger partial charge in [0.25, 0.3) is 0 Å². The molecule has 0 aliphatic rings. The molecule has 0 bridgehead atoms. The summed E-state index contributed by atoms with van der Waals surface area (Å²) in [6, 6.07) is 7.30. The van der Waals surface area contributed by atoms with Gasteiger partial charge >= 0.3 is 6.18 Å².